The smallest absolute Gasteiger partial charge is 0.416 e. The number of carbonyl (C=O) groups is 1. The van der Waals surface area contributed by atoms with Crippen LogP contribution in [0.2, 0.25) is 5.02 Å². The van der Waals surface area contributed by atoms with Gasteiger partial charge < -0.3 is 10.1 Å². The SMILES string of the molecule is Cn1cc(-c2ccc(C(F)(F)CNC(=O)c3c(Oc4cccc(C(F)(F)F)c4)nnc4ccccc34)c(Cl)c2)cn1. The van der Waals surface area contributed by atoms with Crippen LogP contribution in [0, 0.1) is 0 Å². The van der Waals surface area contributed by atoms with Crippen LogP contribution in [0.4, 0.5) is 22.0 Å². The molecule has 0 saturated carbocycles. The number of halogens is 6. The Morgan fingerprint density at radius 1 is 0.976 bits per heavy atom. The lowest BCUT2D eigenvalue weighted by Gasteiger charge is -2.20. The van der Waals surface area contributed by atoms with Gasteiger partial charge in [-0.25, -0.2) is 0 Å². The Labute approximate surface area is 234 Å². The van der Waals surface area contributed by atoms with E-state index in [0.717, 1.165) is 18.2 Å². The van der Waals surface area contributed by atoms with E-state index in [-0.39, 0.29) is 27.2 Å². The minimum atomic E-state index is -4.64. The fraction of sp³-hybridized carbons (Fsp3) is 0.143. The molecule has 41 heavy (non-hydrogen) atoms. The quantitative estimate of drug-likeness (QED) is 0.207. The maximum Gasteiger partial charge on any atom is 0.416 e. The van der Waals surface area contributed by atoms with Crippen molar-refractivity contribution >= 4 is 28.4 Å². The highest BCUT2D eigenvalue weighted by atomic mass is 35.5. The zero-order chi connectivity index (χ0) is 29.4. The highest BCUT2D eigenvalue weighted by Gasteiger charge is 2.35. The molecule has 2 aromatic heterocycles. The molecule has 0 bridgehead atoms. The first-order chi connectivity index (χ1) is 19.4. The Morgan fingerprint density at radius 3 is 2.46 bits per heavy atom. The molecule has 1 N–H and O–H groups in total. The molecule has 0 aliphatic carbocycles. The fourth-order valence-electron chi connectivity index (χ4n) is 4.11. The predicted octanol–water partition coefficient (Wildman–Crippen LogP) is 7.02. The highest BCUT2D eigenvalue weighted by Crippen LogP contribution is 2.37. The van der Waals surface area contributed by atoms with Gasteiger partial charge in [0.1, 0.15) is 11.3 Å². The van der Waals surface area contributed by atoms with Gasteiger partial charge in [-0.3, -0.25) is 9.48 Å². The van der Waals surface area contributed by atoms with Gasteiger partial charge >= 0.3 is 6.18 Å². The second-order valence-corrected chi connectivity index (χ2v) is 9.42. The molecule has 0 saturated heterocycles. The van der Waals surface area contributed by atoms with E-state index in [1.54, 1.807) is 36.3 Å². The molecule has 2 heterocycles. The van der Waals surface area contributed by atoms with Crippen LogP contribution in [-0.4, -0.2) is 32.4 Å². The number of fused-ring (bicyclic) bond motifs is 1. The summed E-state index contributed by atoms with van der Waals surface area (Å²) in [6, 6.07) is 14.2. The molecule has 0 aliphatic heterocycles. The summed E-state index contributed by atoms with van der Waals surface area (Å²) in [4.78, 5) is 13.3. The van der Waals surface area contributed by atoms with Crippen LogP contribution in [0.1, 0.15) is 21.5 Å². The molecule has 3 aromatic carbocycles. The largest absolute Gasteiger partial charge is 0.437 e. The monoisotopic (exact) mass is 587 g/mol. The van der Waals surface area contributed by atoms with Crippen molar-refractivity contribution in [3.05, 3.63) is 101 Å². The van der Waals surface area contributed by atoms with Crippen molar-refractivity contribution < 1.29 is 31.5 Å². The second-order valence-electron chi connectivity index (χ2n) is 9.01. The first-order valence-electron chi connectivity index (χ1n) is 12.0. The fourth-order valence-corrected chi connectivity index (χ4v) is 4.43. The Bertz CT molecular complexity index is 1760. The first-order valence-corrected chi connectivity index (χ1v) is 12.4. The van der Waals surface area contributed by atoms with Crippen molar-refractivity contribution in [3.8, 4) is 22.8 Å². The van der Waals surface area contributed by atoms with Crippen molar-refractivity contribution in [2.45, 2.75) is 12.1 Å². The third-order valence-corrected chi connectivity index (χ3v) is 6.42. The highest BCUT2D eigenvalue weighted by molar-refractivity contribution is 6.31. The van der Waals surface area contributed by atoms with E-state index in [9.17, 15) is 18.0 Å². The number of hydrogen-bond donors (Lipinski definition) is 1. The zero-order valence-corrected chi connectivity index (χ0v) is 21.8. The molecule has 5 aromatic rings. The molecule has 0 unspecified atom stereocenters. The van der Waals surface area contributed by atoms with Gasteiger partial charge in [0.25, 0.3) is 17.7 Å². The molecule has 0 aliphatic rings. The van der Waals surface area contributed by atoms with Crippen molar-refractivity contribution in [1.29, 1.82) is 0 Å². The Morgan fingerprint density at radius 2 is 1.76 bits per heavy atom. The summed E-state index contributed by atoms with van der Waals surface area (Å²) in [6.45, 7) is -1.14. The van der Waals surface area contributed by atoms with E-state index in [1.807, 2.05) is 0 Å². The molecular formula is C28H19ClF5N5O2. The normalized spacial score (nSPS) is 12.0. The summed E-state index contributed by atoms with van der Waals surface area (Å²) in [7, 11) is 1.72. The number of alkyl halides is 5. The standard InChI is InChI=1S/C28H19ClF5N5O2/c1-39-14-17(13-36-39)16-9-10-21(22(29)11-16)27(30,31)15-35-25(40)24-20-7-2-3-8-23(20)37-38-26(24)41-19-6-4-5-18(12-19)28(32,33)34/h2-14H,15H2,1H3,(H,35,40). The molecule has 13 heteroatoms. The van der Waals surface area contributed by atoms with Crippen LogP contribution in [0.15, 0.2) is 79.1 Å². The van der Waals surface area contributed by atoms with Gasteiger partial charge in [0, 0.05) is 29.8 Å². The minimum absolute atomic E-state index is 0.198. The lowest BCUT2D eigenvalue weighted by Crippen LogP contribution is -2.35. The van der Waals surface area contributed by atoms with Crippen LogP contribution in [0.5, 0.6) is 11.6 Å². The van der Waals surface area contributed by atoms with Gasteiger partial charge in [-0.2, -0.15) is 27.1 Å². The van der Waals surface area contributed by atoms with E-state index in [0.29, 0.717) is 11.1 Å². The maximum atomic E-state index is 15.3. The summed E-state index contributed by atoms with van der Waals surface area (Å²) >= 11 is 6.20. The topological polar surface area (TPSA) is 81.9 Å². The summed E-state index contributed by atoms with van der Waals surface area (Å²) in [5.41, 5.74) is -0.261. The van der Waals surface area contributed by atoms with Gasteiger partial charge in [0.2, 0.25) is 0 Å². The van der Waals surface area contributed by atoms with Crippen molar-refractivity contribution in [2.24, 2.45) is 7.05 Å². The van der Waals surface area contributed by atoms with E-state index in [2.05, 4.69) is 20.6 Å². The number of ether oxygens (including phenoxy) is 1. The number of hydrogen-bond acceptors (Lipinski definition) is 5. The summed E-state index contributed by atoms with van der Waals surface area (Å²) in [6.07, 6.45) is -1.37. The Kier molecular flexibility index (Phi) is 7.35. The van der Waals surface area contributed by atoms with Crippen LogP contribution in [0.25, 0.3) is 22.0 Å². The third kappa shape index (κ3) is 5.97. The molecule has 0 fully saturated rings. The minimum Gasteiger partial charge on any atom is -0.437 e. The molecule has 210 valence electrons. The third-order valence-electron chi connectivity index (χ3n) is 6.11. The van der Waals surface area contributed by atoms with E-state index in [1.165, 1.54) is 36.4 Å². The van der Waals surface area contributed by atoms with E-state index < -0.39 is 41.6 Å². The lowest BCUT2D eigenvalue weighted by atomic mass is 10.0. The molecule has 0 spiro atoms. The van der Waals surface area contributed by atoms with Crippen LogP contribution >= 0.6 is 11.6 Å². The maximum absolute atomic E-state index is 15.3. The number of nitrogens with one attached hydrogen (secondary N) is 1. The van der Waals surface area contributed by atoms with Gasteiger partial charge in [0.15, 0.2) is 0 Å². The van der Waals surface area contributed by atoms with Crippen molar-refractivity contribution in [3.63, 3.8) is 0 Å². The number of amides is 1. The second kappa shape index (κ2) is 10.8. The first kappa shape index (κ1) is 28.0. The molecule has 7 nitrogen and oxygen atoms in total. The van der Waals surface area contributed by atoms with Gasteiger partial charge in [-0.1, -0.05) is 48.0 Å². The van der Waals surface area contributed by atoms with E-state index in [4.69, 9.17) is 16.3 Å². The van der Waals surface area contributed by atoms with Crippen LogP contribution < -0.4 is 10.1 Å². The Hall–Kier alpha value is -4.58. The Balaban J connectivity index is 1.42. The molecule has 0 radical (unpaired) electrons. The average molecular weight is 588 g/mol. The number of aryl methyl sites for hydroxylation is 1. The van der Waals surface area contributed by atoms with Gasteiger partial charge in [0.05, 0.1) is 28.8 Å². The van der Waals surface area contributed by atoms with Crippen LogP contribution in [-0.2, 0) is 19.1 Å². The van der Waals surface area contributed by atoms with Gasteiger partial charge in [-0.15, -0.1) is 10.2 Å². The van der Waals surface area contributed by atoms with Crippen LogP contribution in [0.3, 0.4) is 0 Å². The number of benzene rings is 3. The van der Waals surface area contributed by atoms with E-state index >= 15 is 8.78 Å². The summed E-state index contributed by atoms with van der Waals surface area (Å²) in [5, 5.41) is 14.0. The number of aromatic nitrogens is 4. The summed E-state index contributed by atoms with van der Waals surface area (Å²) in [5.74, 6) is -5.31. The molecule has 0 atom stereocenters. The predicted molar refractivity (Wildman–Crippen MR) is 141 cm³/mol. The number of nitrogens with zero attached hydrogens (tertiary/aromatic N) is 4. The molecule has 5 rings (SSSR count). The number of rotatable bonds is 7. The average Bonchev–Trinajstić information content (AvgIpc) is 3.37. The van der Waals surface area contributed by atoms with Crippen molar-refractivity contribution in [1.82, 2.24) is 25.3 Å². The molecule has 1 amide bonds. The van der Waals surface area contributed by atoms with Crippen molar-refractivity contribution in [2.75, 3.05) is 6.54 Å². The lowest BCUT2D eigenvalue weighted by molar-refractivity contribution is -0.137. The zero-order valence-electron chi connectivity index (χ0n) is 21.1. The summed E-state index contributed by atoms with van der Waals surface area (Å²) < 4.78 is 77.2. The van der Waals surface area contributed by atoms with Gasteiger partial charge in [-0.05, 0) is 35.9 Å². The number of carbonyl (C=O) groups excluding carboxylic acids is 1. The molecular weight excluding hydrogens is 569 g/mol.